The van der Waals surface area contributed by atoms with Crippen LogP contribution in [0.25, 0.3) is 10.9 Å². The maximum absolute atomic E-state index is 13.4. The van der Waals surface area contributed by atoms with Crippen molar-refractivity contribution in [1.82, 2.24) is 9.55 Å². The van der Waals surface area contributed by atoms with Crippen LogP contribution >= 0.6 is 0 Å². The van der Waals surface area contributed by atoms with Crippen LogP contribution in [0.2, 0.25) is 0 Å². The molecule has 1 saturated carbocycles. The van der Waals surface area contributed by atoms with Crippen molar-refractivity contribution in [3.8, 4) is 0 Å². The smallest absolute Gasteiger partial charge is 0.264 e. The summed E-state index contributed by atoms with van der Waals surface area (Å²) >= 11 is 0. The summed E-state index contributed by atoms with van der Waals surface area (Å²) in [6.07, 6.45) is -8.49. The zero-order chi connectivity index (χ0) is 24.8. The largest absolute Gasteiger partial charge is 0.398 e. The molecule has 0 bridgehead atoms. The molecule has 0 aliphatic heterocycles. The molecule has 6 heteroatoms. The Kier molecular flexibility index (Phi) is 1.31. The summed E-state index contributed by atoms with van der Waals surface area (Å²) < 4.78 is 86.8. The van der Waals surface area contributed by atoms with E-state index in [4.69, 9.17) is 20.8 Å². The van der Waals surface area contributed by atoms with E-state index >= 15 is 0 Å². The molecule has 2 N–H and O–H groups in total. The zero-order valence-corrected chi connectivity index (χ0v) is 10.4. The van der Waals surface area contributed by atoms with Crippen LogP contribution in [0, 0.1) is 6.85 Å². The first-order valence-electron chi connectivity index (χ1n) is 11.2. The molecule has 0 spiro atoms. The van der Waals surface area contributed by atoms with E-state index in [9.17, 15) is 14.4 Å². The molecule has 0 radical (unpaired) electrons. The van der Waals surface area contributed by atoms with Crippen LogP contribution in [0.5, 0.6) is 0 Å². The van der Waals surface area contributed by atoms with Crippen LogP contribution in [-0.4, -0.2) is 21.1 Å². The summed E-state index contributed by atoms with van der Waals surface area (Å²) in [7, 11) is 0. The van der Waals surface area contributed by atoms with Crippen LogP contribution in [0.15, 0.2) is 22.9 Å². The van der Waals surface area contributed by atoms with Gasteiger partial charge in [0, 0.05) is 21.7 Å². The van der Waals surface area contributed by atoms with Gasteiger partial charge in [0.2, 0.25) is 0 Å². The van der Waals surface area contributed by atoms with Gasteiger partial charge in [0.05, 0.1) is 28.8 Å². The van der Waals surface area contributed by atoms with Crippen molar-refractivity contribution in [3.05, 3.63) is 34.3 Å². The third-order valence-electron chi connectivity index (χ3n) is 2.86. The lowest BCUT2D eigenvalue weighted by molar-refractivity contribution is -0.132. The van der Waals surface area contributed by atoms with E-state index in [0.29, 0.717) is 0 Å². The first-order valence-corrected chi connectivity index (χ1v) is 5.73. The van der Waals surface area contributed by atoms with Crippen molar-refractivity contribution >= 4 is 28.2 Å². The number of carbonyl (C=O) groups excluding carboxylic acids is 2. The van der Waals surface area contributed by atoms with E-state index in [1.807, 2.05) is 0 Å². The third kappa shape index (κ3) is 2.12. The molecule has 0 unspecified atom stereocenters. The van der Waals surface area contributed by atoms with E-state index in [1.54, 1.807) is 0 Å². The molecule has 1 aliphatic rings. The van der Waals surface area contributed by atoms with Crippen molar-refractivity contribution in [3.63, 3.8) is 0 Å². The van der Waals surface area contributed by atoms with Crippen molar-refractivity contribution in [2.75, 3.05) is 5.73 Å². The van der Waals surface area contributed by atoms with Gasteiger partial charge in [-0.25, -0.2) is 4.98 Å². The lowest BCUT2D eigenvalue weighted by atomic mass is 9.92. The van der Waals surface area contributed by atoms with Crippen LogP contribution in [-0.2, 0) is 9.59 Å². The molecule has 21 heavy (non-hydrogen) atoms. The molecule has 6 nitrogen and oxygen atoms in total. The highest BCUT2D eigenvalue weighted by molar-refractivity contribution is 6.03. The Labute approximate surface area is 136 Å². The highest BCUT2D eigenvalue weighted by Crippen LogP contribution is 2.24. The average molecular weight is 296 g/mol. The van der Waals surface area contributed by atoms with Gasteiger partial charge in [0.15, 0.2) is 5.78 Å². The lowest BCUT2D eigenvalue weighted by Gasteiger charge is -2.24. The highest BCUT2D eigenvalue weighted by Gasteiger charge is 2.30. The van der Waals surface area contributed by atoms with Crippen LogP contribution in [0.4, 0.5) is 5.69 Å². The number of ketones is 2. The number of anilines is 1. The molecule has 1 aliphatic carbocycles. The molecule has 2 aromatic rings. The van der Waals surface area contributed by atoms with Crippen LogP contribution in [0.3, 0.4) is 0 Å². The van der Waals surface area contributed by atoms with Gasteiger partial charge in [0.25, 0.3) is 5.56 Å². The molecule has 108 valence electrons. The van der Waals surface area contributed by atoms with E-state index in [2.05, 4.69) is 4.98 Å². The maximum atomic E-state index is 13.4. The Morgan fingerprint density at radius 2 is 2.33 bits per heavy atom. The second-order valence-electron chi connectivity index (χ2n) is 4.21. The molecule has 0 saturated heterocycles. The number of aromatic nitrogens is 2. The van der Waals surface area contributed by atoms with Crippen molar-refractivity contribution in [2.24, 2.45) is 0 Å². The Morgan fingerprint density at radius 3 is 3.10 bits per heavy atom. The lowest BCUT2D eigenvalue weighted by Crippen LogP contribution is -2.36. The van der Waals surface area contributed by atoms with E-state index in [-0.39, 0.29) is 4.57 Å². The van der Waals surface area contributed by atoms with E-state index in [1.165, 1.54) is 0 Å². The van der Waals surface area contributed by atoms with Crippen molar-refractivity contribution in [2.45, 2.75) is 32.0 Å². The first kappa shape index (κ1) is 5.71. The molecule has 1 heterocycles. The number of hydrogen-bond acceptors (Lipinski definition) is 5. The number of fused-ring (bicyclic) bond motifs is 1. The van der Waals surface area contributed by atoms with Gasteiger partial charge < -0.3 is 5.73 Å². The fourth-order valence-corrected chi connectivity index (χ4v) is 1.93. The van der Waals surface area contributed by atoms with Gasteiger partial charge >= 0.3 is 0 Å². The van der Waals surface area contributed by atoms with E-state index in [0.717, 1.165) is 0 Å². The summed E-state index contributed by atoms with van der Waals surface area (Å²) in [4.78, 5) is 41.8. The summed E-state index contributed by atoms with van der Waals surface area (Å²) in [6, 6.07) is -6.00. The molecule has 1 aromatic carbocycles. The van der Waals surface area contributed by atoms with Gasteiger partial charge in [-0.1, -0.05) is 6.04 Å². The van der Waals surface area contributed by atoms with Crippen molar-refractivity contribution in [1.29, 1.82) is 0 Å². The Balaban J connectivity index is 2.64. The molecular weight excluding hydrogens is 270 g/mol. The Morgan fingerprint density at radius 1 is 1.52 bits per heavy atom. The minimum Gasteiger partial charge on any atom is -0.398 e. The molecule has 0 amide bonds. The number of Topliss-reactive ketones (excluding diaryl/α,β-unsaturated/α-hetero) is 2. The van der Waals surface area contributed by atoms with Gasteiger partial charge in [-0.2, -0.15) is 0 Å². The second kappa shape index (κ2) is 4.80. The summed E-state index contributed by atoms with van der Waals surface area (Å²) in [5.74, 6) is -4.42. The topological polar surface area (TPSA) is 95.0 Å². The number of nitrogen functional groups attached to an aromatic ring is 1. The van der Waals surface area contributed by atoms with Gasteiger partial charge in [-0.3, -0.25) is 19.0 Å². The Hall–Kier alpha value is -2.50. The molecule has 3 rings (SSSR count). The van der Waals surface area contributed by atoms with Gasteiger partial charge in [0.1, 0.15) is 11.6 Å². The third-order valence-corrected chi connectivity index (χ3v) is 2.86. The standard InChI is InChI=1S/C15H15N3O3/c1-8-17-11-4-2-3-10(16)14(11)15(21)18(8)12-6-5-9(19)7-13(12)20/h2-4,12H,5-7,16H2,1H3/t12-/m1/s1/i1D3,2D,3D,4D,5D2,6D2,12D. The fourth-order valence-electron chi connectivity index (χ4n) is 1.93. The number of hydrogen-bond donors (Lipinski definition) is 1. The molecule has 1 atom stereocenters. The number of benzene rings is 1. The molecule has 1 aromatic heterocycles. The number of nitrogens with two attached hydrogens (primary N) is 1. The summed E-state index contributed by atoms with van der Waals surface area (Å²) in [5.41, 5.74) is 2.67. The maximum Gasteiger partial charge on any atom is 0.264 e. The Bertz CT molecular complexity index is 1270. The number of rotatable bonds is 1. The van der Waals surface area contributed by atoms with E-state index < -0.39 is 89.7 Å². The van der Waals surface area contributed by atoms with Crippen LogP contribution < -0.4 is 11.3 Å². The molecule has 1 fully saturated rings. The second-order valence-corrected chi connectivity index (χ2v) is 4.21. The monoisotopic (exact) mass is 296 g/mol. The number of nitrogens with zero attached hydrogens (tertiary/aromatic N) is 2. The quantitative estimate of drug-likeness (QED) is 0.629. The molecular formula is C15H15N3O3. The predicted molar refractivity (Wildman–Crippen MR) is 78.1 cm³/mol. The highest BCUT2D eigenvalue weighted by atomic mass is 16.2. The average Bonchev–Trinajstić information content (AvgIpc) is 2.67. The van der Waals surface area contributed by atoms with Crippen LogP contribution in [0.1, 0.15) is 46.1 Å². The fraction of sp³-hybridized carbons (Fsp3) is 0.333. The van der Waals surface area contributed by atoms with Crippen molar-refractivity contribution < 1.29 is 24.7 Å². The summed E-state index contributed by atoms with van der Waals surface area (Å²) in [5, 5.41) is -0.809. The number of aryl methyl sites for hydroxylation is 1. The normalized spacial score (nSPS) is 35.7. The van der Waals surface area contributed by atoms with Gasteiger partial charge in [-0.15, -0.1) is 0 Å². The minimum atomic E-state index is -3.73. The summed E-state index contributed by atoms with van der Waals surface area (Å²) in [6.45, 7) is -3.38. The predicted octanol–water partition coefficient (Wildman–Crippen LogP) is 1.15. The number of carbonyl (C=O) groups is 2. The SMILES string of the molecule is [2H]c1c([2H])c(N)c2c(=O)n([C@@]3([2H])C(=O)CC(=O)C([2H])([2H])C3([2H])[2H])c(C([2H])([2H])[2H])nc2c1[2H]. The minimum absolute atomic E-state index is 0.173. The first-order chi connectivity index (χ1) is 14.3. The van der Waals surface area contributed by atoms with Gasteiger partial charge in [-0.05, 0) is 25.3 Å². The zero-order valence-electron chi connectivity index (χ0n) is 21.4.